The van der Waals surface area contributed by atoms with Crippen molar-refractivity contribution in [2.75, 3.05) is 7.11 Å². The molecule has 2 heteroatoms. The third-order valence-corrected chi connectivity index (χ3v) is 1.50. The van der Waals surface area contributed by atoms with Gasteiger partial charge in [0.1, 0.15) is 0 Å². The Morgan fingerprint density at radius 2 is 1.62 bits per heavy atom. The van der Waals surface area contributed by atoms with Gasteiger partial charge in [-0.25, -0.2) is 0 Å². The molecule has 0 atom stereocenters. The molecule has 1 rings (SSSR count). The zero-order chi connectivity index (χ0) is 10.3. The van der Waals surface area contributed by atoms with Crippen LogP contribution < -0.4 is 5.73 Å². The minimum Gasteiger partial charge on any atom is -0.400 e. The Morgan fingerprint density at radius 3 is 2.00 bits per heavy atom. The molecule has 0 unspecified atom stereocenters. The van der Waals surface area contributed by atoms with Crippen LogP contribution in [0.4, 0.5) is 0 Å². The fourth-order valence-corrected chi connectivity index (χ4v) is 1.12. The Morgan fingerprint density at radius 1 is 1.15 bits per heavy atom. The zero-order valence-electron chi connectivity index (χ0n) is 8.62. The van der Waals surface area contributed by atoms with Gasteiger partial charge < -0.3 is 10.8 Å². The molecule has 0 aromatic heterocycles. The van der Waals surface area contributed by atoms with Crippen LogP contribution in [0.3, 0.4) is 0 Å². The predicted molar refractivity (Wildman–Crippen MR) is 56.6 cm³/mol. The summed E-state index contributed by atoms with van der Waals surface area (Å²) in [5, 5.41) is 7.00. The highest BCUT2D eigenvalue weighted by atomic mass is 16.2. The molecule has 1 aromatic carbocycles. The molecule has 13 heavy (non-hydrogen) atoms. The molecule has 0 amide bonds. The van der Waals surface area contributed by atoms with Crippen LogP contribution in [0, 0.1) is 0 Å². The fraction of sp³-hybridized carbons (Fsp3) is 0.455. The van der Waals surface area contributed by atoms with Gasteiger partial charge in [0.25, 0.3) is 0 Å². The molecule has 74 valence electrons. The summed E-state index contributed by atoms with van der Waals surface area (Å²) >= 11 is 0. The summed E-state index contributed by atoms with van der Waals surface area (Å²) in [5.41, 5.74) is 7.08. The molecule has 0 heterocycles. The van der Waals surface area contributed by atoms with E-state index >= 15 is 0 Å². The van der Waals surface area contributed by atoms with Crippen LogP contribution in [0.25, 0.3) is 0 Å². The second-order valence-electron chi connectivity index (χ2n) is 3.65. The van der Waals surface area contributed by atoms with Gasteiger partial charge in [-0.15, -0.1) is 0 Å². The van der Waals surface area contributed by atoms with Crippen molar-refractivity contribution in [2.45, 2.75) is 25.8 Å². The number of aliphatic hydroxyl groups excluding tert-OH is 1. The van der Waals surface area contributed by atoms with Crippen LogP contribution >= 0.6 is 0 Å². The molecule has 1 aromatic rings. The van der Waals surface area contributed by atoms with Crippen molar-refractivity contribution in [3.8, 4) is 0 Å². The molecule has 0 aliphatic heterocycles. The number of rotatable bonds is 2. The Labute approximate surface area is 80.4 Å². The van der Waals surface area contributed by atoms with Gasteiger partial charge in [-0.05, 0) is 25.8 Å². The Hall–Kier alpha value is -0.860. The summed E-state index contributed by atoms with van der Waals surface area (Å²) in [6, 6.07) is 10.3. The zero-order valence-corrected chi connectivity index (χ0v) is 8.62. The monoisotopic (exact) mass is 181 g/mol. The summed E-state index contributed by atoms with van der Waals surface area (Å²) in [6.45, 7) is 4.08. The first-order chi connectivity index (χ1) is 6.08. The number of aliphatic hydroxyl groups is 1. The van der Waals surface area contributed by atoms with Crippen molar-refractivity contribution >= 4 is 0 Å². The molecule has 0 saturated carbocycles. The van der Waals surface area contributed by atoms with Crippen LogP contribution in [-0.4, -0.2) is 17.8 Å². The highest BCUT2D eigenvalue weighted by Gasteiger charge is 2.10. The summed E-state index contributed by atoms with van der Waals surface area (Å²) in [5.74, 6) is 0. The van der Waals surface area contributed by atoms with Crippen LogP contribution in [-0.2, 0) is 6.42 Å². The van der Waals surface area contributed by atoms with Gasteiger partial charge in [-0.3, -0.25) is 0 Å². The van der Waals surface area contributed by atoms with E-state index in [1.807, 2.05) is 32.0 Å². The summed E-state index contributed by atoms with van der Waals surface area (Å²) in [6.07, 6.45) is 0.938. The van der Waals surface area contributed by atoms with Crippen molar-refractivity contribution in [1.82, 2.24) is 0 Å². The van der Waals surface area contributed by atoms with E-state index in [-0.39, 0.29) is 5.54 Å². The normalized spacial score (nSPS) is 10.2. The summed E-state index contributed by atoms with van der Waals surface area (Å²) in [4.78, 5) is 0. The van der Waals surface area contributed by atoms with E-state index in [4.69, 9.17) is 10.8 Å². The molecule has 0 aliphatic rings. The lowest BCUT2D eigenvalue weighted by molar-refractivity contribution is 0.399. The average Bonchev–Trinajstić information content (AvgIpc) is 2.07. The van der Waals surface area contributed by atoms with E-state index in [0.717, 1.165) is 13.5 Å². The molecule has 0 bridgehead atoms. The van der Waals surface area contributed by atoms with Gasteiger partial charge in [0.15, 0.2) is 0 Å². The van der Waals surface area contributed by atoms with Gasteiger partial charge in [0.05, 0.1) is 0 Å². The van der Waals surface area contributed by atoms with Crippen molar-refractivity contribution in [3.05, 3.63) is 35.9 Å². The first kappa shape index (κ1) is 12.1. The van der Waals surface area contributed by atoms with Gasteiger partial charge in [-0.2, -0.15) is 0 Å². The van der Waals surface area contributed by atoms with E-state index in [1.54, 1.807) is 0 Å². The van der Waals surface area contributed by atoms with Gasteiger partial charge in [0, 0.05) is 12.6 Å². The number of hydrogen-bond acceptors (Lipinski definition) is 2. The highest BCUT2D eigenvalue weighted by molar-refractivity contribution is 5.16. The Balaban J connectivity index is 0.000000671. The number of nitrogens with two attached hydrogens (primary N) is 1. The lowest BCUT2D eigenvalue weighted by atomic mass is 9.96. The summed E-state index contributed by atoms with van der Waals surface area (Å²) < 4.78 is 0. The smallest absolute Gasteiger partial charge is 0.0319 e. The number of hydrogen-bond donors (Lipinski definition) is 2. The second-order valence-corrected chi connectivity index (χ2v) is 3.65. The maximum atomic E-state index is 7.00. The minimum atomic E-state index is -0.0959. The Kier molecular flexibility index (Phi) is 5.35. The standard InChI is InChI=1S/C10H15N.CH4O/c1-10(2,11)8-9-6-4-3-5-7-9;1-2/h3-7H,8,11H2,1-2H3;2H,1H3. The molecule has 2 nitrogen and oxygen atoms in total. The molecular weight excluding hydrogens is 162 g/mol. The largest absolute Gasteiger partial charge is 0.400 e. The van der Waals surface area contributed by atoms with Crippen LogP contribution in [0.5, 0.6) is 0 Å². The van der Waals surface area contributed by atoms with E-state index in [2.05, 4.69) is 12.1 Å². The quantitative estimate of drug-likeness (QED) is 0.727. The van der Waals surface area contributed by atoms with Crippen LogP contribution in [0.2, 0.25) is 0 Å². The molecule has 0 radical (unpaired) electrons. The van der Waals surface area contributed by atoms with Crippen molar-refractivity contribution < 1.29 is 5.11 Å². The fourth-order valence-electron chi connectivity index (χ4n) is 1.12. The first-order valence-corrected chi connectivity index (χ1v) is 4.35. The lowest BCUT2D eigenvalue weighted by Crippen LogP contribution is -2.34. The molecule has 3 N–H and O–H groups in total. The lowest BCUT2D eigenvalue weighted by Gasteiger charge is -2.17. The summed E-state index contributed by atoms with van der Waals surface area (Å²) in [7, 11) is 1.00. The van der Waals surface area contributed by atoms with Crippen LogP contribution in [0.15, 0.2) is 30.3 Å². The van der Waals surface area contributed by atoms with Crippen molar-refractivity contribution in [2.24, 2.45) is 5.73 Å². The van der Waals surface area contributed by atoms with Gasteiger partial charge in [-0.1, -0.05) is 30.3 Å². The second kappa shape index (κ2) is 5.73. The number of benzene rings is 1. The topological polar surface area (TPSA) is 46.2 Å². The minimum absolute atomic E-state index is 0.0959. The third-order valence-electron chi connectivity index (χ3n) is 1.50. The maximum Gasteiger partial charge on any atom is 0.0319 e. The molecule has 0 spiro atoms. The average molecular weight is 181 g/mol. The maximum absolute atomic E-state index is 7.00. The first-order valence-electron chi connectivity index (χ1n) is 4.35. The molecule has 0 fully saturated rings. The third kappa shape index (κ3) is 6.31. The van der Waals surface area contributed by atoms with E-state index in [9.17, 15) is 0 Å². The van der Waals surface area contributed by atoms with Crippen LogP contribution in [0.1, 0.15) is 19.4 Å². The molecular formula is C11H19NO. The Bertz CT molecular complexity index is 213. The van der Waals surface area contributed by atoms with Crippen molar-refractivity contribution in [1.29, 1.82) is 0 Å². The molecule has 0 saturated heterocycles. The predicted octanol–water partition coefficient (Wildman–Crippen LogP) is 1.57. The highest BCUT2D eigenvalue weighted by Crippen LogP contribution is 2.08. The van der Waals surface area contributed by atoms with Crippen molar-refractivity contribution in [3.63, 3.8) is 0 Å². The molecule has 0 aliphatic carbocycles. The SMILES string of the molecule is CC(C)(N)Cc1ccccc1.CO. The van der Waals surface area contributed by atoms with Gasteiger partial charge >= 0.3 is 0 Å². The van der Waals surface area contributed by atoms with Gasteiger partial charge in [0.2, 0.25) is 0 Å². The van der Waals surface area contributed by atoms with E-state index in [0.29, 0.717) is 0 Å². The van der Waals surface area contributed by atoms with E-state index in [1.165, 1.54) is 5.56 Å². The van der Waals surface area contributed by atoms with E-state index < -0.39 is 0 Å².